The van der Waals surface area contributed by atoms with Gasteiger partial charge >= 0.3 is 0 Å². The van der Waals surface area contributed by atoms with E-state index in [2.05, 4.69) is 37.9 Å². The molecule has 0 amide bonds. The molecule has 1 aliphatic heterocycles. The minimum Gasteiger partial charge on any atom is -0.362 e. The number of piperidine rings is 1. The van der Waals surface area contributed by atoms with E-state index < -0.39 is 0 Å². The standard InChI is InChI=1S/C14H15BrN2S/c15-10-4-5-13-11(8-10)12(9-16-13)14(18)17-6-2-1-3-7-17/h4-5,8-9,16H,1-3,6-7H2. The summed E-state index contributed by atoms with van der Waals surface area (Å²) in [7, 11) is 0. The number of thiocarbonyl (C=S) groups is 1. The normalized spacial score (nSPS) is 16.2. The van der Waals surface area contributed by atoms with Crippen molar-refractivity contribution < 1.29 is 0 Å². The Morgan fingerprint density at radius 3 is 2.78 bits per heavy atom. The average Bonchev–Trinajstić information content (AvgIpc) is 2.82. The molecule has 1 aromatic carbocycles. The lowest BCUT2D eigenvalue weighted by Crippen LogP contribution is -2.34. The SMILES string of the molecule is S=C(c1c[nH]c2ccc(Br)cc12)N1CCCCC1. The summed E-state index contributed by atoms with van der Waals surface area (Å²) in [6.45, 7) is 2.19. The van der Waals surface area contributed by atoms with E-state index in [1.165, 1.54) is 24.6 Å². The van der Waals surface area contributed by atoms with Crippen LogP contribution in [0.2, 0.25) is 0 Å². The van der Waals surface area contributed by atoms with Gasteiger partial charge in [0.2, 0.25) is 0 Å². The van der Waals surface area contributed by atoms with Crippen LogP contribution in [0.4, 0.5) is 0 Å². The van der Waals surface area contributed by atoms with Gasteiger partial charge in [-0.3, -0.25) is 0 Å². The quantitative estimate of drug-likeness (QED) is 0.797. The van der Waals surface area contributed by atoms with Crippen LogP contribution in [0, 0.1) is 0 Å². The predicted molar refractivity (Wildman–Crippen MR) is 83.1 cm³/mol. The van der Waals surface area contributed by atoms with Gasteiger partial charge < -0.3 is 9.88 Å². The number of nitrogens with one attached hydrogen (secondary N) is 1. The van der Waals surface area contributed by atoms with E-state index in [1.54, 1.807) is 0 Å². The summed E-state index contributed by atoms with van der Waals surface area (Å²) in [5.74, 6) is 0. The number of H-pyrrole nitrogens is 1. The van der Waals surface area contributed by atoms with E-state index in [1.807, 2.05) is 12.3 Å². The molecule has 0 unspecified atom stereocenters. The number of hydrogen-bond donors (Lipinski definition) is 1. The molecule has 18 heavy (non-hydrogen) atoms. The summed E-state index contributed by atoms with van der Waals surface area (Å²) in [6, 6.07) is 6.27. The lowest BCUT2D eigenvalue weighted by Gasteiger charge is -2.28. The molecule has 3 rings (SSSR count). The van der Waals surface area contributed by atoms with Gasteiger partial charge in [-0.15, -0.1) is 0 Å². The van der Waals surface area contributed by atoms with Crippen molar-refractivity contribution in [2.45, 2.75) is 19.3 Å². The van der Waals surface area contributed by atoms with E-state index in [9.17, 15) is 0 Å². The Kier molecular flexibility index (Phi) is 3.39. The van der Waals surface area contributed by atoms with E-state index in [4.69, 9.17) is 12.2 Å². The van der Waals surface area contributed by atoms with E-state index in [0.717, 1.165) is 33.6 Å². The zero-order chi connectivity index (χ0) is 12.5. The van der Waals surface area contributed by atoms with Crippen molar-refractivity contribution >= 4 is 44.0 Å². The van der Waals surface area contributed by atoms with Gasteiger partial charge in [-0.05, 0) is 37.5 Å². The maximum Gasteiger partial charge on any atom is 0.111 e. The molecule has 0 spiro atoms. The molecule has 2 nitrogen and oxygen atoms in total. The topological polar surface area (TPSA) is 19.0 Å². The summed E-state index contributed by atoms with van der Waals surface area (Å²) in [6.07, 6.45) is 5.88. The highest BCUT2D eigenvalue weighted by Crippen LogP contribution is 2.25. The molecule has 1 aromatic heterocycles. The van der Waals surface area contributed by atoms with E-state index in [-0.39, 0.29) is 0 Å². The first-order chi connectivity index (χ1) is 8.75. The van der Waals surface area contributed by atoms with Gasteiger partial charge in [0.15, 0.2) is 0 Å². The Morgan fingerprint density at radius 2 is 2.00 bits per heavy atom. The van der Waals surface area contributed by atoms with Gasteiger partial charge in [-0.25, -0.2) is 0 Å². The number of nitrogens with zero attached hydrogens (tertiary/aromatic N) is 1. The summed E-state index contributed by atoms with van der Waals surface area (Å²) in [5, 5.41) is 1.21. The van der Waals surface area contributed by atoms with Gasteiger partial charge in [-0.2, -0.15) is 0 Å². The molecular weight excluding hydrogens is 308 g/mol. The number of hydrogen-bond acceptors (Lipinski definition) is 1. The van der Waals surface area contributed by atoms with Crippen molar-refractivity contribution in [3.63, 3.8) is 0 Å². The summed E-state index contributed by atoms with van der Waals surface area (Å²) < 4.78 is 1.09. The minimum atomic E-state index is 0.985. The first-order valence-corrected chi connectivity index (χ1v) is 7.52. The Hall–Kier alpha value is -0.870. The molecule has 0 aliphatic carbocycles. The molecule has 1 saturated heterocycles. The maximum atomic E-state index is 5.66. The van der Waals surface area contributed by atoms with Crippen LogP contribution in [0.1, 0.15) is 24.8 Å². The van der Waals surface area contributed by atoms with Crippen molar-refractivity contribution in [3.8, 4) is 0 Å². The molecule has 94 valence electrons. The van der Waals surface area contributed by atoms with Crippen molar-refractivity contribution in [2.24, 2.45) is 0 Å². The Labute approximate surface area is 120 Å². The van der Waals surface area contributed by atoms with E-state index >= 15 is 0 Å². The highest BCUT2D eigenvalue weighted by Gasteiger charge is 2.17. The minimum absolute atomic E-state index is 0.985. The summed E-state index contributed by atoms with van der Waals surface area (Å²) in [4.78, 5) is 6.62. The Bertz CT molecular complexity index is 584. The molecule has 2 aromatic rings. The fraction of sp³-hybridized carbons (Fsp3) is 0.357. The van der Waals surface area contributed by atoms with Crippen LogP contribution in [0.3, 0.4) is 0 Å². The number of fused-ring (bicyclic) bond motifs is 1. The predicted octanol–water partition coefficient (Wildman–Crippen LogP) is 4.09. The number of likely N-dealkylation sites (tertiary alicyclic amines) is 1. The van der Waals surface area contributed by atoms with Crippen LogP contribution in [0.15, 0.2) is 28.9 Å². The van der Waals surface area contributed by atoms with Crippen molar-refractivity contribution in [1.82, 2.24) is 9.88 Å². The summed E-state index contributed by atoms with van der Waals surface area (Å²) in [5.41, 5.74) is 2.30. The molecule has 1 N–H and O–H groups in total. The first kappa shape index (κ1) is 12.2. The largest absolute Gasteiger partial charge is 0.362 e. The maximum absolute atomic E-state index is 5.66. The molecule has 0 radical (unpaired) electrons. The zero-order valence-corrected chi connectivity index (χ0v) is 12.5. The van der Waals surface area contributed by atoms with Crippen molar-refractivity contribution in [3.05, 3.63) is 34.4 Å². The van der Waals surface area contributed by atoms with Crippen LogP contribution in [-0.4, -0.2) is 28.0 Å². The van der Waals surface area contributed by atoms with Gasteiger partial charge in [0.1, 0.15) is 4.99 Å². The monoisotopic (exact) mass is 322 g/mol. The fourth-order valence-electron chi connectivity index (χ4n) is 2.54. The second-order valence-corrected chi connectivity index (χ2v) is 6.05. The molecule has 0 atom stereocenters. The Morgan fingerprint density at radius 1 is 1.22 bits per heavy atom. The van der Waals surface area contributed by atoms with Crippen molar-refractivity contribution in [2.75, 3.05) is 13.1 Å². The second kappa shape index (κ2) is 5.02. The lowest BCUT2D eigenvalue weighted by molar-refractivity contribution is 0.348. The van der Waals surface area contributed by atoms with Crippen LogP contribution >= 0.6 is 28.1 Å². The molecule has 0 bridgehead atoms. The highest BCUT2D eigenvalue weighted by molar-refractivity contribution is 9.10. The van der Waals surface area contributed by atoms with Crippen LogP contribution in [0.5, 0.6) is 0 Å². The Balaban J connectivity index is 1.98. The average molecular weight is 323 g/mol. The van der Waals surface area contributed by atoms with E-state index in [0.29, 0.717) is 0 Å². The zero-order valence-electron chi connectivity index (χ0n) is 10.1. The molecule has 4 heteroatoms. The van der Waals surface area contributed by atoms with Crippen molar-refractivity contribution in [1.29, 1.82) is 0 Å². The highest BCUT2D eigenvalue weighted by atomic mass is 79.9. The number of benzene rings is 1. The van der Waals surface area contributed by atoms with Gasteiger partial charge in [0.05, 0.1) is 0 Å². The van der Waals surface area contributed by atoms with Crippen LogP contribution in [-0.2, 0) is 0 Å². The summed E-state index contributed by atoms with van der Waals surface area (Å²) >= 11 is 9.18. The molecular formula is C14H15BrN2S. The second-order valence-electron chi connectivity index (χ2n) is 4.75. The van der Waals surface area contributed by atoms with Gasteiger partial charge in [0.25, 0.3) is 0 Å². The van der Waals surface area contributed by atoms with Crippen LogP contribution in [0.25, 0.3) is 10.9 Å². The number of aromatic amines is 1. The van der Waals surface area contributed by atoms with Gasteiger partial charge in [-0.1, -0.05) is 28.1 Å². The third-order valence-electron chi connectivity index (χ3n) is 3.52. The first-order valence-electron chi connectivity index (χ1n) is 6.31. The smallest absolute Gasteiger partial charge is 0.111 e. The number of rotatable bonds is 1. The fourth-order valence-corrected chi connectivity index (χ4v) is 3.25. The number of aromatic nitrogens is 1. The van der Waals surface area contributed by atoms with Crippen LogP contribution < -0.4 is 0 Å². The molecule has 2 heterocycles. The molecule has 0 saturated carbocycles. The molecule has 1 aliphatic rings. The molecule has 1 fully saturated rings. The third-order valence-corrected chi connectivity index (χ3v) is 4.49. The van der Waals surface area contributed by atoms with Gasteiger partial charge in [0, 0.05) is 40.2 Å². The lowest BCUT2D eigenvalue weighted by atomic mass is 10.1. The third kappa shape index (κ3) is 2.19. The number of halogens is 1.